The molecule has 1 unspecified atom stereocenters. The maximum atomic E-state index is 11.3. The number of carbonyl (C=O) groups excluding carboxylic acids is 1. The van der Waals surface area contributed by atoms with Gasteiger partial charge in [-0.05, 0) is 75.6 Å². The van der Waals surface area contributed by atoms with Crippen molar-refractivity contribution in [3.8, 4) is 11.8 Å². The summed E-state index contributed by atoms with van der Waals surface area (Å²) in [6, 6.07) is 16.7. The Morgan fingerprint density at radius 3 is 2.29 bits per heavy atom. The second-order valence-electron chi connectivity index (χ2n) is 7.84. The van der Waals surface area contributed by atoms with E-state index in [-0.39, 0.29) is 17.8 Å². The molecule has 0 bridgehead atoms. The third kappa shape index (κ3) is 6.20. The molecule has 1 aliphatic carbocycles. The molecule has 0 saturated heterocycles. The zero-order chi connectivity index (χ0) is 22.2. The lowest BCUT2D eigenvalue weighted by Crippen LogP contribution is -2.30. The molecule has 0 aromatic heterocycles. The van der Waals surface area contributed by atoms with Crippen LogP contribution in [-0.2, 0) is 9.53 Å². The molecule has 0 N–H and O–H groups in total. The predicted molar refractivity (Wildman–Crippen MR) is 128 cm³/mol. The molecule has 0 spiro atoms. The molecule has 0 amide bonds. The van der Waals surface area contributed by atoms with Gasteiger partial charge < -0.3 is 9.64 Å². The van der Waals surface area contributed by atoms with Gasteiger partial charge in [0, 0.05) is 17.4 Å². The van der Waals surface area contributed by atoms with Crippen LogP contribution >= 0.6 is 0 Å². The fourth-order valence-corrected chi connectivity index (χ4v) is 3.18. The molecule has 158 valence electrons. The third-order valence-electron chi connectivity index (χ3n) is 4.85. The van der Waals surface area contributed by atoms with E-state index >= 15 is 0 Å². The van der Waals surface area contributed by atoms with Crippen LogP contribution < -0.4 is 4.90 Å². The van der Waals surface area contributed by atoms with Gasteiger partial charge in [-0.1, -0.05) is 47.7 Å². The smallest absolute Gasteiger partial charge is 0.185 e. The largest absolute Gasteiger partial charge is 0.443 e. The van der Waals surface area contributed by atoms with E-state index in [0.29, 0.717) is 6.29 Å². The zero-order valence-corrected chi connectivity index (χ0v) is 18.5. The van der Waals surface area contributed by atoms with Gasteiger partial charge in [0.1, 0.15) is 0 Å². The Balaban J connectivity index is 1.87. The Labute approximate surface area is 185 Å². The van der Waals surface area contributed by atoms with Gasteiger partial charge in [0.25, 0.3) is 0 Å². The van der Waals surface area contributed by atoms with Crippen LogP contribution in [0, 0.1) is 18.8 Å². The molecule has 31 heavy (non-hydrogen) atoms. The van der Waals surface area contributed by atoms with Crippen LogP contribution in [-0.4, -0.2) is 24.8 Å². The topological polar surface area (TPSA) is 41.9 Å². The van der Waals surface area contributed by atoms with Crippen molar-refractivity contribution in [1.82, 2.24) is 0 Å². The molecular formula is C27H28N2O2. The second kappa shape index (κ2) is 10.4. The third-order valence-corrected chi connectivity index (χ3v) is 4.85. The summed E-state index contributed by atoms with van der Waals surface area (Å²) in [6.07, 6.45) is 6.76. The van der Waals surface area contributed by atoms with Gasteiger partial charge in [-0.3, -0.25) is 9.79 Å². The number of ether oxygens (including phenoxy) is 1. The summed E-state index contributed by atoms with van der Waals surface area (Å²) in [7, 11) is 0. The lowest BCUT2D eigenvalue weighted by Gasteiger charge is -2.31. The summed E-state index contributed by atoms with van der Waals surface area (Å²) in [5.74, 6) is 6.83. The maximum absolute atomic E-state index is 11.3. The van der Waals surface area contributed by atoms with Crippen molar-refractivity contribution in [2.75, 3.05) is 4.90 Å². The fourth-order valence-electron chi connectivity index (χ4n) is 3.18. The SMILES string of the molecule is CC1=CCC(N(c2ccc(C)cc2)c2ccc(/C=C(\C=O)OC=NC(C)C)cc2)C#C1. The van der Waals surface area contributed by atoms with E-state index in [0.717, 1.165) is 28.9 Å². The number of aryl methyl sites for hydroxylation is 1. The molecule has 0 aliphatic heterocycles. The average molecular weight is 413 g/mol. The standard InChI is InChI=1S/C27H28N2O2/c1-20(2)28-19-31-27(18-30)17-23-9-15-26(16-10-23)29(24-11-5-21(3)6-12-24)25-13-7-22(4)8-14-25/h5-7,9-12,15-20,25H,13H2,1-4H3/b27-17+,28-19?. The molecular weight excluding hydrogens is 384 g/mol. The normalized spacial score (nSPS) is 16.0. The van der Waals surface area contributed by atoms with Crippen molar-refractivity contribution in [2.24, 2.45) is 4.99 Å². The highest BCUT2D eigenvalue weighted by molar-refractivity contribution is 5.81. The van der Waals surface area contributed by atoms with Gasteiger partial charge in [0.15, 0.2) is 18.4 Å². The number of rotatable bonds is 8. The van der Waals surface area contributed by atoms with Crippen molar-refractivity contribution in [2.45, 2.75) is 46.2 Å². The van der Waals surface area contributed by atoms with Crippen LogP contribution in [0.1, 0.15) is 38.3 Å². The van der Waals surface area contributed by atoms with E-state index in [1.807, 2.05) is 45.0 Å². The number of benzene rings is 2. The van der Waals surface area contributed by atoms with Gasteiger partial charge in [-0.15, -0.1) is 0 Å². The lowest BCUT2D eigenvalue weighted by atomic mass is 10.0. The number of aldehydes is 1. The van der Waals surface area contributed by atoms with Crippen LogP contribution in [0.15, 0.2) is 70.9 Å². The summed E-state index contributed by atoms with van der Waals surface area (Å²) in [6.45, 7) is 8.01. The van der Waals surface area contributed by atoms with Gasteiger partial charge in [-0.2, -0.15) is 0 Å². The van der Waals surface area contributed by atoms with Crippen LogP contribution in [0.4, 0.5) is 11.4 Å². The summed E-state index contributed by atoms with van der Waals surface area (Å²) in [5, 5.41) is 0. The second-order valence-corrected chi connectivity index (χ2v) is 7.84. The Hall–Kier alpha value is -3.58. The van der Waals surface area contributed by atoms with E-state index in [9.17, 15) is 4.79 Å². The number of hydrogen-bond acceptors (Lipinski definition) is 4. The number of anilines is 2. The number of allylic oxidation sites excluding steroid dienone is 2. The van der Waals surface area contributed by atoms with Crippen LogP contribution in [0.2, 0.25) is 0 Å². The van der Waals surface area contributed by atoms with Crippen molar-refractivity contribution < 1.29 is 9.53 Å². The van der Waals surface area contributed by atoms with Crippen LogP contribution in [0.25, 0.3) is 6.08 Å². The van der Waals surface area contributed by atoms with Crippen molar-refractivity contribution >= 4 is 30.1 Å². The highest BCUT2D eigenvalue weighted by atomic mass is 16.5. The number of carbonyl (C=O) groups is 1. The first kappa shape index (κ1) is 22.1. The Bertz CT molecular complexity index is 1050. The summed E-state index contributed by atoms with van der Waals surface area (Å²) < 4.78 is 5.34. The molecule has 0 fully saturated rings. The van der Waals surface area contributed by atoms with Crippen molar-refractivity contribution in [1.29, 1.82) is 0 Å². The highest BCUT2D eigenvalue weighted by Gasteiger charge is 2.20. The molecule has 1 atom stereocenters. The average Bonchev–Trinajstić information content (AvgIpc) is 2.76. The molecule has 0 heterocycles. The Morgan fingerprint density at radius 1 is 1.10 bits per heavy atom. The molecule has 0 radical (unpaired) electrons. The number of aliphatic imine (C=N–C) groups is 1. The zero-order valence-electron chi connectivity index (χ0n) is 18.5. The lowest BCUT2D eigenvalue weighted by molar-refractivity contribution is -0.106. The summed E-state index contributed by atoms with van der Waals surface area (Å²) in [5.41, 5.74) is 5.35. The Morgan fingerprint density at radius 2 is 1.74 bits per heavy atom. The van der Waals surface area contributed by atoms with Crippen molar-refractivity contribution in [3.63, 3.8) is 0 Å². The van der Waals surface area contributed by atoms with E-state index in [1.165, 1.54) is 12.0 Å². The molecule has 1 aliphatic rings. The van der Waals surface area contributed by atoms with Gasteiger partial charge >= 0.3 is 0 Å². The molecule has 3 rings (SSSR count). The van der Waals surface area contributed by atoms with Crippen LogP contribution in [0.3, 0.4) is 0 Å². The van der Waals surface area contributed by atoms with Crippen molar-refractivity contribution in [3.05, 3.63) is 77.1 Å². The first-order chi connectivity index (χ1) is 15.0. The van der Waals surface area contributed by atoms with E-state index < -0.39 is 0 Å². The first-order valence-corrected chi connectivity index (χ1v) is 10.5. The van der Waals surface area contributed by atoms with E-state index in [2.05, 4.69) is 59.0 Å². The van der Waals surface area contributed by atoms with E-state index in [4.69, 9.17) is 4.74 Å². The number of nitrogens with zero attached hydrogens (tertiary/aromatic N) is 2. The predicted octanol–water partition coefficient (Wildman–Crippen LogP) is 5.85. The van der Waals surface area contributed by atoms with Gasteiger partial charge in [0.05, 0.1) is 6.04 Å². The maximum Gasteiger partial charge on any atom is 0.185 e. The van der Waals surface area contributed by atoms with E-state index in [1.54, 1.807) is 6.08 Å². The molecule has 0 saturated carbocycles. The quantitative estimate of drug-likeness (QED) is 0.136. The summed E-state index contributed by atoms with van der Waals surface area (Å²) in [4.78, 5) is 17.7. The summed E-state index contributed by atoms with van der Waals surface area (Å²) >= 11 is 0. The highest BCUT2D eigenvalue weighted by Crippen LogP contribution is 2.31. The Kier molecular flexibility index (Phi) is 7.45. The molecule has 4 nitrogen and oxygen atoms in total. The minimum Gasteiger partial charge on any atom is -0.443 e. The number of hydrogen-bond donors (Lipinski definition) is 0. The first-order valence-electron chi connectivity index (χ1n) is 10.5. The molecule has 2 aromatic carbocycles. The monoisotopic (exact) mass is 412 g/mol. The van der Waals surface area contributed by atoms with Gasteiger partial charge in [-0.25, -0.2) is 0 Å². The van der Waals surface area contributed by atoms with Gasteiger partial charge in [0.2, 0.25) is 0 Å². The molecule has 4 heteroatoms. The minimum atomic E-state index is 0.0638. The van der Waals surface area contributed by atoms with Crippen LogP contribution in [0.5, 0.6) is 0 Å². The molecule has 2 aromatic rings. The fraction of sp³-hybridized carbons (Fsp3) is 0.259. The minimum absolute atomic E-state index is 0.0638.